The molecular formula is C11H10Cl2N4O2S. The van der Waals surface area contributed by atoms with Crippen LogP contribution in [0.3, 0.4) is 0 Å². The summed E-state index contributed by atoms with van der Waals surface area (Å²) in [6.07, 6.45) is 1.10. The first-order chi connectivity index (χ1) is 9.27. The molecule has 9 heteroatoms. The average Bonchev–Trinajstić information content (AvgIpc) is 2.35. The monoisotopic (exact) mass is 332 g/mol. The Bertz CT molecular complexity index is 765. The van der Waals surface area contributed by atoms with Crippen molar-refractivity contribution in [3.05, 3.63) is 34.2 Å². The molecule has 0 atom stereocenters. The van der Waals surface area contributed by atoms with Crippen LogP contribution in [0.5, 0.6) is 0 Å². The number of rotatable bonds is 3. The number of aromatic nitrogens is 3. The summed E-state index contributed by atoms with van der Waals surface area (Å²) < 4.78 is 22.8. The molecule has 0 amide bonds. The number of halogens is 2. The van der Waals surface area contributed by atoms with Gasteiger partial charge in [0, 0.05) is 12.3 Å². The van der Waals surface area contributed by atoms with E-state index in [1.165, 1.54) is 12.1 Å². The molecule has 1 N–H and O–H groups in total. The lowest BCUT2D eigenvalue weighted by Crippen LogP contribution is -2.04. The third-order valence-corrected chi connectivity index (χ3v) is 3.88. The highest BCUT2D eigenvalue weighted by atomic mass is 35.5. The van der Waals surface area contributed by atoms with Crippen LogP contribution in [0.15, 0.2) is 23.2 Å². The number of hydrogen-bond acceptors (Lipinski definition) is 6. The van der Waals surface area contributed by atoms with Crippen LogP contribution in [-0.2, 0) is 9.84 Å². The average molecular weight is 333 g/mol. The first kappa shape index (κ1) is 15.0. The predicted octanol–water partition coefficient (Wildman–Crippen LogP) is 2.63. The van der Waals surface area contributed by atoms with Crippen LogP contribution in [0, 0.1) is 6.92 Å². The fraction of sp³-hybridized carbons (Fsp3) is 0.182. The Balaban J connectivity index is 2.38. The second kappa shape index (κ2) is 5.51. The Kier molecular flexibility index (Phi) is 4.12. The van der Waals surface area contributed by atoms with Gasteiger partial charge in [-0.15, -0.1) is 10.2 Å². The molecule has 6 nitrogen and oxygen atoms in total. The van der Waals surface area contributed by atoms with Crippen molar-refractivity contribution in [3.63, 3.8) is 0 Å². The summed E-state index contributed by atoms with van der Waals surface area (Å²) in [5.74, 6) is 0. The number of hydrogen-bond donors (Lipinski definition) is 1. The maximum absolute atomic E-state index is 11.4. The van der Waals surface area contributed by atoms with Crippen molar-refractivity contribution in [2.75, 3.05) is 11.6 Å². The summed E-state index contributed by atoms with van der Waals surface area (Å²) in [6, 6.07) is 4.53. The standard InChI is InChI=1S/C11H10Cl2N4O2S/c1-6-7(3-4-10(14-6)20(2,18)19)15-8-5-9(12)16-17-11(8)13/h3-5H,1-2H3,(H,15,16). The molecule has 0 unspecified atom stereocenters. The Morgan fingerprint density at radius 3 is 2.45 bits per heavy atom. The van der Waals surface area contributed by atoms with Gasteiger partial charge in [-0.2, -0.15) is 0 Å². The second-order valence-electron chi connectivity index (χ2n) is 4.05. The summed E-state index contributed by atoms with van der Waals surface area (Å²) in [5, 5.41) is 10.6. The molecule has 0 spiro atoms. The minimum atomic E-state index is -3.34. The van der Waals surface area contributed by atoms with Crippen LogP contribution in [0.4, 0.5) is 11.4 Å². The summed E-state index contributed by atoms with van der Waals surface area (Å²) in [6.45, 7) is 1.68. The van der Waals surface area contributed by atoms with Crippen molar-refractivity contribution in [2.24, 2.45) is 0 Å². The van der Waals surface area contributed by atoms with Gasteiger partial charge in [-0.05, 0) is 19.1 Å². The lowest BCUT2D eigenvalue weighted by atomic mass is 10.3. The maximum atomic E-state index is 11.4. The summed E-state index contributed by atoms with van der Waals surface area (Å²) in [5.41, 5.74) is 1.57. The molecule has 20 heavy (non-hydrogen) atoms. The SMILES string of the molecule is Cc1nc(S(C)(=O)=O)ccc1Nc1cc(Cl)nnc1Cl. The van der Waals surface area contributed by atoms with Gasteiger partial charge in [0.05, 0.1) is 17.1 Å². The third-order valence-electron chi connectivity index (χ3n) is 2.43. The van der Waals surface area contributed by atoms with Gasteiger partial charge in [-0.1, -0.05) is 23.2 Å². The molecular weight excluding hydrogens is 323 g/mol. The lowest BCUT2D eigenvalue weighted by Gasteiger charge is -2.10. The minimum absolute atomic E-state index is 0.0116. The Morgan fingerprint density at radius 1 is 1.15 bits per heavy atom. The van der Waals surface area contributed by atoms with Crippen molar-refractivity contribution in [2.45, 2.75) is 11.9 Å². The Labute approximate surface area is 126 Å². The van der Waals surface area contributed by atoms with Gasteiger partial charge < -0.3 is 5.32 Å². The minimum Gasteiger partial charge on any atom is -0.351 e. The van der Waals surface area contributed by atoms with Crippen molar-refractivity contribution in [3.8, 4) is 0 Å². The van der Waals surface area contributed by atoms with E-state index in [0.29, 0.717) is 17.1 Å². The molecule has 0 aliphatic carbocycles. The summed E-state index contributed by atoms with van der Waals surface area (Å²) in [7, 11) is -3.34. The van der Waals surface area contributed by atoms with E-state index >= 15 is 0 Å². The van der Waals surface area contributed by atoms with Gasteiger partial charge in [0.15, 0.2) is 25.2 Å². The van der Waals surface area contributed by atoms with Gasteiger partial charge in [-0.3, -0.25) is 0 Å². The fourth-order valence-electron chi connectivity index (χ4n) is 1.46. The number of nitrogens with zero attached hydrogens (tertiary/aromatic N) is 3. The molecule has 106 valence electrons. The van der Waals surface area contributed by atoms with Gasteiger partial charge in [0.1, 0.15) is 0 Å². The van der Waals surface area contributed by atoms with Gasteiger partial charge in [0.2, 0.25) is 0 Å². The number of pyridine rings is 1. The smallest absolute Gasteiger partial charge is 0.192 e. The molecule has 0 aromatic carbocycles. The summed E-state index contributed by atoms with van der Waals surface area (Å²) >= 11 is 11.6. The molecule has 0 saturated heterocycles. The van der Waals surface area contributed by atoms with Crippen LogP contribution >= 0.6 is 23.2 Å². The van der Waals surface area contributed by atoms with Gasteiger partial charge in [-0.25, -0.2) is 13.4 Å². The van der Waals surface area contributed by atoms with E-state index in [4.69, 9.17) is 23.2 Å². The Hall–Kier alpha value is -1.44. The third kappa shape index (κ3) is 3.36. The molecule has 0 radical (unpaired) electrons. The zero-order chi connectivity index (χ0) is 14.9. The maximum Gasteiger partial charge on any atom is 0.192 e. The first-order valence-corrected chi connectivity index (χ1v) is 8.05. The van der Waals surface area contributed by atoms with Crippen LogP contribution in [0.1, 0.15) is 5.69 Å². The van der Waals surface area contributed by atoms with Crippen LogP contribution < -0.4 is 5.32 Å². The molecule has 0 aliphatic rings. The number of sulfone groups is 1. The number of aryl methyl sites for hydroxylation is 1. The van der Waals surface area contributed by atoms with Crippen molar-refractivity contribution in [1.82, 2.24) is 15.2 Å². The van der Waals surface area contributed by atoms with Crippen molar-refractivity contribution < 1.29 is 8.42 Å². The molecule has 0 saturated carbocycles. The highest BCUT2D eigenvalue weighted by molar-refractivity contribution is 7.90. The van der Waals surface area contributed by atoms with E-state index in [9.17, 15) is 8.42 Å². The molecule has 2 aromatic heterocycles. The Morgan fingerprint density at radius 2 is 1.85 bits per heavy atom. The summed E-state index contributed by atoms with van der Waals surface area (Å²) in [4.78, 5) is 4.03. The topological polar surface area (TPSA) is 84.8 Å². The predicted molar refractivity (Wildman–Crippen MR) is 77.4 cm³/mol. The number of nitrogens with one attached hydrogen (secondary N) is 1. The van der Waals surface area contributed by atoms with Gasteiger partial charge in [0.25, 0.3) is 0 Å². The number of anilines is 2. The van der Waals surface area contributed by atoms with Crippen LogP contribution in [0.25, 0.3) is 0 Å². The highest BCUT2D eigenvalue weighted by Gasteiger charge is 2.12. The molecule has 2 heterocycles. The fourth-order valence-corrected chi connectivity index (χ4v) is 2.37. The van der Waals surface area contributed by atoms with Crippen LogP contribution in [0.2, 0.25) is 10.3 Å². The van der Waals surface area contributed by atoms with E-state index in [2.05, 4.69) is 20.5 Å². The molecule has 2 aromatic rings. The van der Waals surface area contributed by atoms with E-state index in [0.717, 1.165) is 6.26 Å². The second-order valence-corrected chi connectivity index (χ2v) is 6.76. The van der Waals surface area contributed by atoms with Gasteiger partial charge >= 0.3 is 0 Å². The van der Waals surface area contributed by atoms with E-state index in [1.807, 2.05) is 0 Å². The quantitative estimate of drug-likeness (QED) is 0.929. The molecule has 2 rings (SSSR count). The lowest BCUT2D eigenvalue weighted by molar-refractivity contribution is 0.598. The first-order valence-electron chi connectivity index (χ1n) is 5.41. The van der Waals surface area contributed by atoms with Crippen molar-refractivity contribution in [1.29, 1.82) is 0 Å². The highest BCUT2D eigenvalue weighted by Crippen LogP contribution is 2.26. The molecule has 0 aliphatic heterocycles. The van der Waals surface area contributed by atoms with Crippen LogP contribution in [-0.4, -0.2) is 29.9 Å². The van der Waals surface area contributed by atoms with E-state index in [-0.39, 0.29) is 15.3 Å². The largest absolute Gasteiger partial charge is 0.351 e. The normalized spacial score (nSPS) is 11.4. The van der Waals surface area contributed by atoms with Crippen molar-refractivity contribution >= 4 is 44.4 Å². The zero-order valence-corrected chi connectivity index (χ0v) is 12.9. The molecule has 0 fully saturated rings. The van der Waals surface area contributed by atoms with E-state index < -0.39 is 9.84 Å². The van der Waals surface area contributed by atoms with E-state index in [1.54, 1.807) is 13.0 Å². The zero-order valence-electron chi connectivity index (χ0n) is 10.6. The molecule has 0 bridgehead atoms.